The van der Waals surface area contributed by atoms with Gasteiger partial charge < -0.3 is 4.74 Å². The smallest absolute Gasteiger partial charge is 0.239 e. The predicted molar refractivity (Wildman–Crippen MR) is 149 cm³/mol. The van der Waals surface area contributed by atoms with Gasteiger partial charge in [0.2, 0.25) is 21.1 Å². The summed E-state index contributed by atoms with van der Waals surface area (Å²) < 4.78 is 6.05. The molecule has 34 heavy (non-hydrogen) atoms. The Morgan fingerprint density at radius 3 is 1.71 bits per heavy atom. The van der Waals surface area contributed by atoms with E-state index in [1.165, 1.54) is 56.0 Å². The van der Waals surface area contributed by atoms with E-state index in [9.17, 15) is 0 Å². The topological polar surface area (TPSA) is 9.23 Å². The minimum atomic E-state index is 0.776. The van der Waals surface area contributed by atoms with E-state index in [1.54, 1.807) is 0 Å². The molecule has 0 saturated carbocycles. The zero-order chi connectivity index (χ0) is 23.8. The Kier molecular flexibility index (Phi) is 8.49. The lowest BCUT2D eigenvalue weighted by Gasteiger charge is -2.08. The molecule has 0 radical (unpaired) electrons. The van der Waals surface area contributed by atoms with Crippen molar-refractivity contribution in [1.82, 2.24) is 0 Å². The van der Waals surface area contributed by atoms with E-state index in [0.717, 1.165) is 31.6 Å². The summed E-state index contributed by atoms with van der Waals surface area (Å²) in [5.74, 6) is 0.948. The third kappa shape index (κ3) is 6.12. The van der Waals surface area contributed by atoms with Crippen LogP contribution in [0.15, 0.2) is 84.9 Å². The Morgan fingerprint density at radius 2 is 1.18 bits per heavy atom. The zero-order valence-corrected chi connectivity index (χ0v) is 21.5. The highest BCUT2D eigenvalue weighted by Crippen LogP contribution is 2.38. The lowest BCUT2D eigenvalue weighted by molar-refractivity contribution is 0.306. The first kappa shape index (κ1) is 24.2. The molecule has 2 heteroatoms. The van der Waals surface area contributed by atoms with Crippen molar-refractivity contribution in [2.75, 3.05) is 6.61 Å². The number of hydrogen-bond acceptors (Lipinski definition) is 1. The number of unbranched alkanes of at least 4 members (excludes halogenated alkanes) is 2. The summed E-state index contributed by atoms with van der Waals surface area (Å²) >= 11 is 1.86. The molecule has 0 fully saturated rings. The lowest BCUT2D eigenvalue weighted by Crippen LogP contribution is -1.97. The molecule has 0 aliphatic carbocycles. The standard InChI is InChI=1S/C32H35OS/c1-4-7-8-20-33-30-11-9-10-28(21-30)29-22-31(26-16-12-24(5-2)13-17-26)34-32(23-29)27-18-14-25(6-3)15-19-27/h9-19,21-23H,4-8,20H2,1-3H3/q+1. The quantitative estimate of drug-likeness (QED) is 0.167. The molecule has 1 nitrogen and oxygen atoms in total. The first-order valence-electron chi connectivity index (χ1n) is 12.6. The van der Waals surface area contributed by atoms with Gasteiger partial charge in [-0.3, -0.25) is 0 Å². The van der Waals surface area contributed by atoms with Gasteiger partial charge in [-0.05, 0) is 77.9 Å². The molecule has 0 saturated heterocycles. The van der Waals surface area contributed by atoms with Gasteiger partial charge in [0, 0.05) is 23.3 Å². The van der Waals surface area contributed by atoms with Crippen LogP contribution in [0.1, 0.15) is 51.2 Å². The number of rotatable bonds is 10. The number of benzene rings is 3. The van der Waals surface area contributed by atoms with Crippen molar-refractivity contribution in [3.05, 3.63) is 96.1 Å². The van der Waals surface area contributed by atoms with E-state index in [0.29, 0.717) is 0 Å². The van der Waals surface area contributed by atoms with Crippen LogP contribution >= 0.6 is 11.3 Å². The second kappa shape index (κ2) is 11.9. The normalized spacial score (nSPS) is 10.9. The summed E-state index contributed by atoms with van der Waals surface area (Å²) in [4.78, 5) is 2.56. The van der Waals surface area contributed by atoms with E-state index in [1.807, 2.05) is 11.3 Å². The van der Waals surface area contributed by atoms with Crippen molar-refractivity contribution in [1.29, 1.82) is 0 Å². The van der Waals surface area contributed by atoms with Crippen LogP contribution in [0.25, 0.3) is 32.0 Å². The van der Waals surface area contributed by atoms with Gasteiger partial charge in [0.1, 0.15) is 5.75 Å². The Hall–Kier alpha value is -2.97. The molecule has 0 amide bonds. The molecule has 0 bridgehead atoms. The highest BCUT2D eigenvalue weighted by Gasteiger charge is 2.19. The van der Waals surface area contributed by atoms with Crippen LogP contribution in [0.2, 0.25) is 0 Å². The van der Waals surface area contributed by atoms with Crippen molar-refractivity contribution < 1.29 is 4.74 Å². The van der Waals surface area contributed by atoms with E-state index in [4.69, 9.17) is 4.74 Å². The average molecular weight is 468 g/mol. The first-order valence-corrected chi connectivity index (χ1v) is 13.4. The summed E-state index contributed by atoms with van der Waals surface area (Å²) in [6, 6.07) is 31.2. The fraction of sp³-hybridized carbons (Fsp3) is 0.281. The monoisotopic (exact) mass is 467 g/mol. The van der Waals surface area contributed by atoms with Crippen LogP contribution in [0, 0.1) is 0 Å². The van der Waals surface area contributed by atoms with Gasteiger partial charge in [0.05, 0.1) is 6.61 Å². The van der Waals surface area contributed by atoms with Crippen molar-refractivity contribution in [3.63, 3.8) is 0 Å². The van der Waals surface area contributed by atoms with Crippen LogP contribution < -0.4 is 4.74 Å². The van der Waals surface area contributed by atoms with Gasteiger partial charge in [-0.1, -0.05) is 70.0 Å². The van der Waals surface area contributed by atoms with Crippen molar-refractivity contribution in [3.8, 4) is 37.8 Å². The van der Waals surface area contributed by atoms with Gasteiger partial charge in [-0.15, -0.1) is 0 Å². The highest BCUT2D eigenvalue weighted by atomic mass is 32.1. The van der Waals surface area contributed by atoms with Gasteiger partial charge in [0.25, 0.3) is 0 Å². The third-order valence-electron chi connectivity index (χ3n) is 6.27. The fourth-order valence-corrected chi connectivity index (χ4v) is 5.19. The SMILES string of the molecule is CCCCCOc1cccc(-c2cc(-c3ccc(CC)cc3)[s+]c(-c3ccc(CC)cc3)c2)c1. The molecule has 174 valence electrons. The van der Waals surface area contributed by atoms with E-state index < -0.39 is 0 Å². The lowest BCUT2D eigenvalue weighted by atomic mass is 10.0. The summed E-state index contributed by atoms with van der Waals surface area (Å²) in [6.45, 7) is 7.40. The fourth-order valence-electron chi connectivity index (χ4n) is 4.07. The maximum absolute atomic E-state index is 6.05. The largest absolute Gasteiger partial charge is 0.494 e. The van der Waals surface area contributed by atoms with Gasteiger partial charge in [-0.2, -0.15) is 0 Å². The molecule has 0 atom stereocenters. The number of aryl methyl sites for hydroxylation is 2. The summed E-state index contributed by atoms with van der Waals surface area (Å²) in [7, 11) is 0. The Labute approximate surface area is 209 Å². The molecule has 0 aliphatic heterocycles. The Bertz CT molecular complexity index is 1130. The van der Waals surface area contributed by atoms with Crippen molar-refractivity contribution >= 4 is 11.3 Å². The van der Waals surface area contributed by atoms with Crippen molar-refractivity contribution in [2.45, 2.75) is 52.9 Å². The molecular formula is C32H35OS+. The first-order chi connectivity index (χ1) is 16.7. The summed E-state index contributed by atoms with van der Waals surface area (Å²) in [5, 5.41) is 0. The summed E-state index contributed by atoms with van der Waals surface area (Å²) in [6.07, 6.45) is 5.63. The second-order valence-corrected chi connectivity index (χ2v) is 9.84. The van der Waals surface area contributed by atoms with E-state index in [-0.39, 0.29) is 0 Å². The van der Waals surface area contributed by atoms with Crippen molar-refractivity contribution in [2.24, 2.45) is 0 Å². The molecule has 0 aliphatic rings. The van der Waals surface area contributed by atoms with E-state index >= 15 is 0 Å². The van der Waals surface area contributed by atoms with Crippen LogP contribution in [0.5, 0.6) is 5.75 Å². The molecule has 0 N–H and O–H groups in total. The number of hydrogen-bond donors (Lipinski definition) is 0. The molecule has 0 spiro atoms. The maximum Gasteiger partial charge on any atom is 0.239 e. The molecule has 1 aromatic heterocycles. The third-order valence-corrected chi connectivity index (χ3v) is 7.42. The van der Waals surface area contributed by atoms with Gasteiger partial charge in [0.15, 0.2) is 0 Å². The average Bonchev–Trinajstić information content (AvgIpc) is 2.91. The molecule has 3 aromatic carbocycles. The second-order valence-electron chi connectivity index (χ2n) is 8.76. The Balaban J connectivity index is 1.73. The highest BCUT2D eigenvalue weighted by molar-refractivity contribution is 7.18. The molecular weight excluding hydrogens is 432 g/mol. The predicted octanol–water partition coefficient (Wildman–Crippen LogP) is 9.72. The Morgan fingerprint density at radius 1 is 0.588 bits per heavy atom. The minimum Gasteiger partial charge on any atom is -0.494 e. The van der Waals surface area contributed by atoms with Crippen LogP contribution in [0.3, 0.4) is 0 Å². The number of ether oxygens (including phenoxy) is 1. The van der Waals surface area contributed by atoms with E-state index in [2.05, 4.69) is 106 Å². The molecule has 0 unspecified atom stereocenters. The minimum absolute atomic E-state index is 0.776. The molecule has 1 heterocycles. The molecule has 4 rings (SSSR count). The zero-order valence-electron chi connectivity index (χ0n) is 20.6. The summed E-state index contributed by atoms with van der Waals surface area (Å²) in [5.41, 5.74) is 7.69. The van der Waals surface area contributed by atoms with Crippen LogP contribution in [-0.4, -0.2) is 6.61 Å². The van der Waals surface area contributed by atoms with Gasteiger partial charge in [-0.25, -0.2) is 0 Å². The maximum atomic E-state index is 6.05. The van der Waals surface area contributed by atoms with Crippen LogP contribution in [0.4, 0.5) is 0 Å². The van der Waals surface area contributed by atoms with Crippen LogP contribution in [-0.2, 0) is 12.8 Å². The molecule has 4 aromatic rings. The van der Waals surface area contributed by atoms with Gasteiger partial charge >= 0.3 is 0 Å².